The first-order valence-electron chi connectivity index (χ1n) is 3.92. The number of nitrogens with zero attached hydrogens (tertiary/aromatic N) is 1. The van der Waals surface area contributed by atoms with Crippen LogP contribution in [0.15, 0.2) is 17.5 Å². The zero-order chi connectivity index (χ0) is 10.1. The number of halogens is 2. The van der Waals surface area contributed by atoms with Gasteiger partial charge in [0.25, 0.3) is 0 Å². The highest BCUT2D eigenvalue weighted by molar-refractivity contribution is 7.17. The SMILES string of the molecule is N#Cc1cc(CCl)c2sccc2c1F. The van der Waals surface area contributed by atoms with E-state index in [-0.39, 0.29) is 5.56 Å². The van der Waals surface area contributed by atoms with Crippen molar-refractivity contribution in [2.75, 3.05) is 0 Å². The molecule has 0 aliphatic rings. The number of hydrogen-bond donors (Lipinski definition) is 0. The van der Waals surface area contributed by atoms with Gasteiger partial charge in [-0.2, -0.15) is 5.26 Å². The number of benzene rings is 1. The van der Waals surface area contributed by atoms with Crippen LogP contribution in [0.25, 0.3) is 10.1 Å². The topological polar surface area (TPSA) is 23.8 Å². The van der Waals surface area contributed by atoms with Crippen molar-refractivity contribution in [1.29, 1.82) is 5.26 Å². The smallest absolute Gasteiger partial charge is 0.149 e. The Labute approximate surface area is 89.3 Å². The highest BCUT2D eigenvalue weighted by Crippen LogP contribution is 2.30. The summed E-state index contributed by atoms with van der Waals surface area (Å²) >= 11 is 7.16. The molecule has 0 fully saturated rings. The number of fused-ring (bicyclic) bond motifs is 1. The normalized spacial score (nSPS) is 10.4. The maximum atomic E-state index is 13.6. The van der Waals surface area contributed by atoms with E-state index >= 15 is 0 Å². The molecular weight excluding hydrogens is 221 g/mol. The third kappa shape index (κ3) is 1.28. The van der Waals surface area contributed by atoms with Crippen LogP contribution in [0, 0.1) is 17.1 Å². The van der Waals surface area contributed by atoms with Gasteiger partial charge in [-0.05, 0) is 23.1 Å². The van der Waals surface area contributed by atoms with E-state index in [9.17, 15) is 4.39 Å². The van der Waals surface area contributed by atoms with Crippen LogP contribution < -0.4 is 0 Å². The lowest BCUT2D eigenvalue weighted by Gasteiger charge is -2.01. The van der Waals surface area contributed by atoms with Crippen molar-refractivity contribution in [2.24, 2.45) is 0 Å². The first-order chi connectivity index (χ1) is 6.77. The second-order valence-electron chi connectivity index (χ2n) is 2.81. The van der Waals surface area contributed by atoms with Gasteiger partial charge in [0.1, 0.15) is 11.9 Å². The highest BCUT2D eigenvalue weighted by atomic mass is 35.5. The Kier molecular flexibility index (Phi) is 2.40. The fraction of sp³-hybridized carbons (Fsp3) is 0.100. The molecule has 0 spiro atoms. The summed E-state index contributed by atoms with van der Waals surface area (Å²) in [5.74, 6) is -0.149. The lowest BCUT2D eigenvalue weighted by Crippen LogP contribution is -1.88. The van der Waals surface area contributed by atoms with Crippen molar-refractivity contribution in [3.63, 3.8) is 0 Å². The maximum absolute atomic E-state index is 13.6. The largest absolute Gasteiger partial charge is 0.205 e. The molecule has 1 heterocycles. The fourth-order valence-electron chi connectivity index (χ4n) is 1.36. The minimum absolute atomic E-state index is 0.0616. The van der Waals surface area contributed by atoms with Gasteiger partial charge in [0.2, 0.25) is 0 Å². The molecule has 4 heteroatoms. The summed E-state index contributed by atoms with van der Waals surface area (Å²) < 4.78 is 14.4. The molecule has 0 radical (unpaired) electrons. The van der Waals surface area contributed by atoms with Gasteiger partial charge in [-0.3, -0.25) is 0 Å². The second-order valence-corrected chi connectivity index (χ2v) is 3.99. The minimum atomic E-state index is -0.447. The molecule has 0 aliphatic heterocycles. The molecule has 1 aromatic heterocycles. The molecule has 1 nitrogen and oxygen atoms in total. The summed E-state index contributed by atoms with van der Waals surface area (Å²) in [5.41, 5.74) is 0.876. The van der Waals surface area contributed by atoms with Crippen LogP contribution in [-0.2, 0) is 5.88 Å². The van der Waals surface area contributed by atoms with Gasteiger partial charge >= 0.3 is 0 Å². The molecule has 0 N–H and O–H groups in total. The molecule has 0 saturated heterocycles. The monoisotopic (exact) mass is 225 g/mol. The summed E-state index contributed by atoms with van der Waals surface area (Å²) in [6, 6.07) is 5.01. The van der Waals surface area contributed by atoms with Crippen LogP contribution in [0.4, 0.5) is 4.39 Å². The molecule has 2 rings (SSSR count). The van der Waals surface area contributed by atoms with Crippen LogP contribution in [0.2, 0.25) is 0 Å². The average molecular weight is 226 g/mol. The molecule has 2 aromatic rings. The number of thiophene rings is 1. The highest BCUT2D eigenvalue weighted by Gasteiger charge is 2.11. The quantitative estimate of drug-likeness (QED) is 0.680. The van der Waals surface area contributed by atoms with Crippen LogP contribution in [0.1, 0.15) is 11.1 Å². The average Bonchev–Trinajstić information content (AvgIpc) is 2.68. The molecule has 0 aliphatic carbocycles. The second kappa shape index (κ2) is 3.56. The van der Waals surface area contributed by atoms with E-state index < -0.39 is 5.82 Å². The lowest BCUT2D eigenvalue weighted by molar-refractivity contribution is 0.636. The van der Waals surface area contributed by atoms with Gasteiger partial charge in [0, 0.05) is 16.0 Å². The fourth-order valence-corrected chi connectivity index (χ4v) is 2.56. The van der Waals surface area contributed by atoms with Crippen molar-refractivity contribution < 1.29 is 4.39 Å². The lowest BCUT2D eigenvalue weighted by atomic mass is 10.1. The molecular formula is C10H5ClFNS. The first kappa shape index (κ1) is 9.45. The van der Waals surface area contributed by atoms with E-state index in [1.54, 1.807) is 11.4 Å². The Morgan fingerprint density at radius 3 is 3.00 bits per heavy atom. The Bertz CT molecular complexity index is 527. The first-order valence-corrected chi connectivity index (χ1v) is 5.34. The van der Waals surface area contributed by atoms with Crippen molar-refractivity contribution in [3.8, 4) is 6.07 Å². The van der Waals surface area contributed by atoms with Gasteiger partial charge in [-0.1, -0.05) is 0 Å². The van der Waals surface area contributed by atoms with E-state index in [4.69, 9.17) is 16.9 Å². The van der Waals surface area contributed by atoms with E-state index in [2.05, 4.69) is 0 Å². The standard InChI is InChI=1S/C10H5ClFNS/c11-4-6-3-7(5-13)9(12)8-1-2-14-10(6)8/h1-3H,4H2. The Balaban J connectivity index is 2.89. The van der Waals surface area contributed by atoms with Crippen molar-refractivity contribution in [3.05, 3.63) is 34.5 Å². The summed E-state index contributed by atoms with van der Waals surface area (Å²) in [7, 11) is 0. The van der Waals surface area contributed by atoms with Crippen molar-refractivity contribution >= 4 is 33.0 Å². The zero-order valence-electron chi connectivity index (χ0n) is 7.05. The molecule has 0 unspecified atom stereocenters. The number of alkyl halides is 1. The number of rotatable bonds is 1. The molecule has 14 heavy (non-hydrogen) atoms. The minimum Gasteiger partial charge on any atom is -0.205 e. The predicted molar refractivity (Wildman–Crippen MR) is 56.1 cm³/mol. The van der Waals surface area contributed by atoms with Crippen molar-refractivity contribution in [2.45, 2.75) is 5.88 Å². The van der Waals surface area contributed by atoms with Gasteiger partial charge in [0.05, 0.1) is 5.56 Å². The van der Waals surface area contributed by atoms with Crippen LogP contribution in [-0.4, -0.2) is 0 Å². The summed E-state index contributed by atoms with van der Waals surface area (Å²) in [6.45, 7) is 0. The van der Waals surface area contributed by atoms with E-state index in [0.717, 1.165) is 10.3 Å². The van der Waals surface area contributed by atoms with Gasteiger partial charge < -0.3 is 0 Å². The summed E-state index contributed by atoms with van der Waals surface area (Å²) in [4.78, 5) is 0. The zero-order valence-corrected chi connectivity index (χ0v) is 8.62. The molecule has 0 atom stereocenters. The summed E-state index contributed by atoms with van der Waals surface area (Å²) in [5, 5.41) is 11.0. The summed E-state index contributed by atoms with van der Waals surface area (Å²) in [6.07, 6.45) is 0. The molecule has 1 aromatic carbocycles. The molecule has 0 saturated carbocycles. The Morgan fingerprint density at radius 2 is 2.36 bits per heavy atom. The van der Waals surface area contributed by atoms with Crippen LogP contribution in [0.5, 0.6) is 0 Å². The third-order valence-electron chi connectivity index (χ3n) is 2.01. The van der Waals surface area contributed by atoms with Crippen LogP contribution >= 0.6 is 22.9 Å². The van der Waals surface area contributed by atoms with Gasteiger partial charge in [-0.25, -0.2) is 4.39 Å². The number of nitriles is 1. The predicted octanol–water partition coefficient (Wildman–Crippen LogP) is 3.65. The Hall–Kier alpha value is -1.11. The molecule has 70 valence electrons. The van der Waals surface area contributed by atoms with E-state index in [1.807, 2.05) is 6.07 Å². The third-order valence-corrected chi connectivity index (χ3v) is 3.29. The molecule has 0 bridgehead atoms. The van der Waals surface area contributed by atoms with Crippen LogP contribution in [0.3, 0.4) is 0 Å². The Morgan fingerprint density at radius 1 is 1.57 bits per heavy atom. The maximum Gasteiger partial charge on any atom is 0.149 e. The van der Waals surface area contributed by atoms with Gasteiger partial charge in [-0.15, -0.1) is 22.9 Å². The number of hydrogen-bond acceptors (Lipinski definition) is 2. The van der Waals surface area contributed by atoms with E-state index in [1.165, 1.54) is 17.4 Å². The van der Waals surface area contributed by atoms with E-state index in [0.29, 0.717) is 11.3 Å². The molecule has 0 amide bonds. The van der Waals surface area contributed by atoms with Gasteiger partial charge in [0.15, 0.2) is 0 Å². The van der Waals surface area contributed by atoms with Crippen molar-refractivity contribution in [1.82, 2.24) is 0 Å².